The first-order chi connectivity index (χ1) is 5.20. The summed E-state index contributed by atoms with van der Waals surface area (Å²) >= 11 is 0. The summed E-state index contributed by atoms with van der Waals surface area (Å²) in [5.74, 6) is -0.407. The summed E-state index contributed by atoms with van der Waals surface area (Å²) in [5, 5.41) is 8.45. The molecule has 0 aliphatic heterocycles. The molecule has 3 nitrogen and oxygen atoms in total. The van der Waals surface area contributed by atoms with Crippen molar-refractivity contribution in [3.63, 3.8) is 0 Å². The van der Waals surface area contributed by atoms with Gasteiger partial charge in [0.25, 0.3) is 0 Å². The van der Waals surface area contributed by atoms with E-state index in [1.165, 1.54) is 0 Å². The van der Waals surface area contributed by atoms with E-state index in [2.05, 4.69) is 6.58 Å². The van der Waals surface area contributed by atoms with Crippen LogP contribution in [-0.2, 0) is 9.53 Å². The molecule has 64 valence electrons. The van der Waals surface area contributed by atoms with Gasteiger partial charge in [-0.3, -0.25) is 0 Å². The predicted octanol–water partition coefficient (Wildman–Crippen LogP) is 0.877. The van der Waals surface area contributed by atoms with Crippen LogP contribution in [-0.4, -0.2) is 23.8 Å². The first kappa shape index (κ1) is 10.2. The zero-order valence-corrected chi connectivity index (χ0v) is 6.75. The molecule has 0 rings (SSSR count). The Morgan fingerprint density at radius 2 is 2.45 bits per heavy atom. The molecule has 0 spiro atoms. The molecule has 0 amide bonds. The molecular formula is C8H14O3. The number of ether oxygens (including phenoxy) is 1. The number of esters is 1. The average molecular weight is 158 g/mol. The van der Waals surface area contributed by atoms with Crippen LogP contribution in [0.1, 0.15) is 19.8 Å². The van der Waals surface area contributed by atoms with Crippen LogP contribution in [0.5, 0.6) is 0 Å². The highest BCUT2D eigenvalue weighted by Crippen LogP contribution is 2.00. The normalized spacial score (nSPS) is 12.2. The third-order valence-electron chi connectivity index (χ3n) is 1.25. The first-order valence-corrected chi connectivity index (χ1v) is 3.64. The van der Waals surface area contributed by atoms with Crippen LogP contribution in [0, 0.1) is 0 Å². The summed E-state index contributed by atoms with van der Waals surface area (Å²) in [6, 6.07) is 0. The van der Waals surface area contributed by atoms with Crippen LogP contribution in [0.3, 0.4) is 0 Å². The standard InChI is InChI=1S/C8H14O3/c1-3-8(10)11-7(2)5-4-6-9/h3,7,9H,1,4-6H2,2H3. The van der Waals surface area contributed by atoms with Gasteiger partial charge >= 0.3 is 5.97 Å². The second-order valence-electron chi connectivity index (χ2n) is 2.32. The van der Waals surface area contributed by atoms with Gasteiger partial charge in [-0.1, -0.05) is 6.58 Å². The van der Waals surface area contributed by atoms with Gasteiger partial charge in [-0.25, -0.2) is 4.79 Å². The number of aliphatic hydroxyl groups is 1. The summed E-state index contributed by atoms with van der Waals surface area (Å²) in [6.07, 6.45) is 2.35. The van der Waals surface area contributed by atoms with Crippen LogP contribution in [0.15, 0.2) is 12.7 Å². The lowest BCUT2D eigenvalue weighted by Gasteiger charge is -2.09. The predicted molar refractivity (Wildman–Crippen MR) is 42.1 cm³/mol. The highest BCUT2D eigenvalue weighted by molar-refractivity contribution is 5.81. The molecule has 0 radical (unpaired) electrons. The van der Waals surface area contributed by atoms with Crippen molar-refractivity contribution >= 4 is 5.97 Å². The van der Waals surface area contributed by atoms with Crippen molar-refractivity contribution in [2.24, 2.45) is 0 Å². The average Bonchev–Trinajstić information content (AvgIpc) is 2.00. The third kappa shape index (κ3) is 5.61. The molecule has 0 aliphatic carbocycles. The zero-order valence-electron chi connectivity index (χ0n) is 6.75. The molecule has 0 aromatic heterocycles. The van der Waals surface area contributed by atoms with E-state index < -0.39 is 5.97 Å². The van der Waals surface area contributed by atoms with Gasteiger partial charge in [-0.15, -0.1) is 0 Å². The van der Waals surface area contributed by atoms with Crippen molar-refractivity contribution < 1.29 is 14.6 Å². The molecule has 0 saturated carbocycles. The Bertz CT molecular complexity index is 131. The van der Waals surface area contributed by atoms with Crippen LogP contribution in [0.2, 0.25) is 0 Å². The Morgan fingerprint density at radius 3 is 2.91 bits per heavy atom. The molecule has 0 aromatic carbocycles. The number of aliphatic hydroxyl groups excluding tert-OH is 1. The molecule has 1 N–H and O–H groups in total. The van der Waals surface area contributed by atoms with Crippen molar-refractivity contribution in [1.29, 1.82) is 0 Å². The fourth-order valence-corrected chi connectivity index (χ4v) is 0.684. The first-order valence-electron chi connectivity index (χ1n) is 3.64. The van der Waals surface area contributed by atoms with Crippen molar-refractivity contribution in [1.82, 2.24) is 0 Å². The van der Waals surface area contributed by atoms with Gasteiger partial charge in [0.05, 0.1) is 6.10 Å². The molecule has 0 aromatic rings. The van der Waals surface area contributed by atoms with Gasteiger partial charge in [0.2, 0.25) is 0 Å². The van der Waals surface area contributed by atoms with E-state index in [9.17, 15) is 4.79 Å². The van der Waals surface area contributed by atoms with E-state index in [4.69, 9.17) is 9.84 Å². The SMILES string of the molecule is C=CC(=O)OC(C)CCCO. The lowest BCUT2D eigenvalue weighted by Crippen LogP contribution is -2.13. The maximum Gasteiger partial charge on any atom is 0.330 e. The topological polar surface area (TPSA) is 46.5 Å². The molecule has 0 fully saturated rings. The highest BCUT2D eigenvalue weighted by Gasteiger charge is 2.04. The Morgan fingerprint density at radius 1 is 1.82 bits per heavy atom. The number of carbonyl (C=O) groups excluding carboxylic acids is 1. The summed E-state index contributed by atoms with van der Waals surface area (Å²) in [4.78, 5) is 10.6. The fraction of sp³-hybridized carbons (Fsp3) is 0.625. The van der Waals surface area contributed by atoms with Crippen LogP contribution < -0.4 is 0 Å². The minimum absolute atomic E-state index is 0.132. The molecule has 3 heteroatoms. The Kier molecular flexibility index (Phi) is 5.47. The molecule has 1 atom stereocenters. The van der Waals surface area contributed by atoms with Gasteiger partial charge in [-0.05, 0) is 19.8 Å². The lowest BCUT2D eigenvalue weighted by atomic mass is 10.2. The summed E-state index contributed by atoms with van der Waals surface area (Å²) in [5.41, 5.74) is 0. The van der Waals surface area contributed by atoms with Crippen LogP contribution in [0.25, 0.3) is 0 Å². The highest BCUT2D eigenvalue weighted by atomic mass is 16.5. The van der Waals surface area contributed by atoms with E-state index >= 15 is 0 Å². The maximum atomic E-state index is 10.6. The van der Waals surface area contributed by atoms with Crippen molar-refractivity contribution in [3.8, 4) is 0 Å². The second kappa shape index (κ2) is 5.92. The molecule has 0 bridgehead atoms. The van der Waals surface area contributed by atoms with Crippen molar-refractivity contribution in [2.75, 3.05) is 6.61 Å². The van der Waals surface area contributed by atoms with E-state index in [0.717, 1.165) is 6.08 Å². The Balaban J connectivity index is 3.43. The lowest BCUT2D eigenvalue weighted by molar-refractivity contribution is -0.142. The summed E-state index contributed by atoms with van der Waals surface area (Å²) in [7, 11) is 0. The fourth-order valence-electron chi connectivity index (χ4n) is 0.684. The zero-order chi connectivity index (χ0) is 8.69. The smallest absolute Gasteiger partial charge is 0.330 e. The van der Waals surface area contributed by atoms with Crippen LogP contribution in [0.4, 0.5) is 0 Å². The van der Waals surface area contributed by atoms with Crippen LogP contribution >= 0.6 is 0 Å². The molecule has 0 heterocycles. The Labute approximate surface area is 66.7 Å². The quantitative estimate of drug-likeness (QED) is 0.477. The number of rotatable bonds is 5. The summed E-state index contributed by atoms with van der Waals surface area (Å²) in [6.45, 7) is 5.19. The van der Waals surface area contributed by atoms with Crippen molar-refractivity contribution in [2.45, 2.75) is 25.9 Å². The van der Waals surface area contributed by atoms with Gasteiger partial charge in [0, 0.05) is 12.7 Å². The molecule has 0 aliphatic rings. The van der Waals surface area contributed by atoms with E-state index in [-0.39, 0.29) is 12.7 Å². The van der Waals surface area contributed by atoms with Gasteiger partial charge in [-0.2, -0.15) is 0 Å². The number of hydrogen-bond acceptors (Lipinski definition) is 3. The van der Waals surface area contributed by atoms with Gasteiger partial charge in [0.15, 0.2) is 0 Å². The van der Waals surface area contributed by atoms with E-state index in [1.807, 2.05) is 0 Å². The number of carbonyl (C=O) groups is 1. The van der Waals surface area contributed by atoms with E-state index in [1.54, 1.807) is 6.92 Å². The second-order valence-corrected chi connectivity index (χ2v) is 2.32. The minimum atomic E-state index is -0.407. The van der Waals surface area contributed by atoms with Gasteiger partial charge < -0.3 is 9.84 Å². The molecule has 1 unspecified atom stereocenters. The largest absolute Gasteiger partial charge is 0.460 e. The minimum Gasteiger partial charge on any atom is -0.460 e. The third-order valence-corrected chi connectivity index (χ3v) is 1.25. The van der Waals surface area contributed by atoms with Crippen molar-refractivity contribution in [3.05, 3.63) is 12.7 Å². The van der Waals surface area contributed by atoms with Gasteiger partial charge in [0.1, 0.15) is 0 Å². The monoisotopic (exact) mass is 158 g/mol. The Hall–Kier alpha value is -0.830. The summed E-state index contributed by atoms with van der Waals surface area (Å²) < 4.78 is 4.83. The maximum absolute atomic E-state index is 10.6. The van der Waals surface area contributed by atoms with E-state index in [0.29, 0.717) is 12.8 Å². The molecule has 11 heavy (non-hydrogen) atoms. The number of hydrogen-bond donors (Lipinski definition) is 1. The molecule has 0 saturated heterocycles. The molecular weight excluding hydrogens is 144 g/mol.